The molecule has 4 rings (SSSR count). The maximum absolute atomic E-state index is 13.3. The van der Waals surface area contributed by atoms with Gasteiger partial charge in [0.25, 0.3) is 0 Å². The molecule has 3 aromatic rings. The zero-order valence-corrected chi connectivity index (χ0v) is 15.8. The van der Waals surface area contributed by atoms with Crippen LogP contribution in [0.2, 0.25) is 0 Å². The van der Waals surface area contributed by atoms with E-state index in [4.69, 9.17) is 4.98 Å². The van der Waals surface area contributed by atoms with Crippen LogP contribution in [0.4, 0.5) is 15.9 Å². The Kier molecular flexibility index (Phi) is 4.77. The van der Waals surface area contributed by atoms with Crippen LogP contribution in [0.15, 0.2) is 36.8 Å². The number of hydrogen-bond donors (Lipinski definition) is 1. The van der Waals surface area contributed by atoms with Crippen molar-refractivity contribution in [2.24, 2.45) is 7.05 Å². The van der Waals surface area contributed by atoms with Crippen LogP contribution >= 0.6 is 0 Å². The summed E-state index contributed by atoms with van der Waals surface area (Å²) in [6.45, 7) is 0.0988. The molecule has 0 atom stereocenters. The van der Waals surface area contributed by atoms with Crippen LogP contribution in [0, 0.1) is 5.82 Å². The Bertz CT molecular complexity index is 1030. The first-order chi connectivity index (χ1) is 13.5. The highest BCUT2D eigenvalue weighted by Crippen LogP contribution is 2.30. The van der Waals surface area contributed by atoms with E-state index in [1.165, 1.54) is 12.1 Å². The summed E-state index contributed by atoms with van der Waals surface area (Å²) in [6, 6.07) is 5.85. The third kappa shape index (κ3) is 3.71. The third-order valence-electron chi connectivity index (χ3n) is 4.70. The molecule has 1 aliphatic carbocycles. The molecule has 2 heterocycles. The minimum atomic E-state index is -0.389. The molecule has 0 unspecified atom stereocenters. The van der Waals surface area contributed by atoms with Crippen molar-refractivity contribution in [3.8, 4) is 11.5 Å². The number of imidazole rings is 1. The normalized spacial score (nSPS) is 12.7. The number of likely N-dealkylation sites (N-methyl/N-ethyl adjacent to an activating group) is 1. The minimum Gasteiger partial charge on any atom is -0.350 e. The molecule has 1 aliphatic rings. The molecule has 0 spiro atoms. The smallest absolute Gasteiger partial charge is 0.243 e. The number of amides is 1. The molecule has 0 radical (unpaired) electrons. The Morgan fingerprint density at radius 1 is 1.32 bits per heavy atom. The summed E-state index contributed by atoms with van der Waals surface area (Å²) in [5, 5.41) is 2.72. The van der Waals surface area contributed by atoms with Gasteiger partial charge in [-0.2, -0.15) is 0 Å². The predicted molar refractivity (Wildman–Crippen MR) is 105 cm³/mol. The van der Waals surface area contributed by atoms with Gasteiger partial charge in [0.05, 0.1) is 12.9 Å². The molecule has 1 aromatic carbocycles. The standard InChI is InChI=1S/C20H21FN6O/c1-26-10-17(22-12-26)19-24-16-8-4-7-15(16)20(25-19)27(2)11-18(28)23-14-6-3-5-13(21)9-14/h3,5-6,9-10,12H,4,7-8,11H2,1-2H3,(H,23,28). The lowest BCUT2D eigenvalue weighted by Crippen LogP contribution is -2.31. The van der Waals surface area contributed by atoms with E-state index in [-0.39, 0.29) is 18.3 Å². The number of benzene rings is 1. The van der Waals surface area contributed by atoms with Gasteiger partial charge in [0.1, 0.15) is 17.3 Å². The first-order valence-corrected chi connectivity index (χ1v) is 9.14. The van der Waals surface area contributed by atoms with Crippen molar-refractivity contribution >= 4 is 17.4 Å². The van der Waals surface area contributed by atoms with E-state index >= 15 is 0 Å². The number of carbonyl (C=O) groups excluding carboxylic acids is 1. The average molecular weight is 380 g/mol. The largest absolute Gasteiger partial charge is 0.350 e. The lowest BCUT2D eigenvalue weighted by Gasteiger charge is -2.21. The highest BCUT2D eigenvalue weighted by atomic mass is 19.1. The van der Waals surface area contributed by atoms with Gasteiger partial charge in [-0.05, 0) is 37.5 Å². The van der Waals surface area contributed by atoms with Crippen LogP contribution in [-0.4, -0.2) is 39.0 Å². The number of halogens is 1. The molecular formula is C20H21FN6O. The minimum absolute atomic E-state index is 0.0988. The van der Waals surface area contributed by atoms with Crippen molar-refractivity contribution in [1.29, 1.82) is 0 Å². The molecule has 7 nitrogen and oxygen atoms in total. The topological polar surface area (TPSA) is 75.9 Å². The first kappa shape index (κ1) is 18.1. The maximum atomic E-state index is 13.3. The summed E-state index contributed by atoms with van der Waals surface area (Å²) in [7, 11) is 3.72. The van der Waals surface area contributed by atoms with Gasteiger partial charge in [0, 0.05) is 37.2 Å². The third-order valence-corrected chi connectivity index (χ3v) is 4.70. The summed E-state index contributed by atoms with van der Waals surface area (Å²) in [5.41, 5.74) is 3.24. The second-order valence-electron chi connectivity index (χ2n) is 6.99. The number of aromatic nitrogens is 4. The maximum Gasteiger partial charge on any atom is 0.243 e. The fraction of sp³-hybridized carbons (Fsp3) is 0.300. The monoisotopic (exact) mass is 380 g/mol. The predicted octanol–water partition coefficient (Wildman–Crippen LogP) is 2.58. The first-order valence-electron chi connectivity index (χ1n) is 9.14. The molecule has 0 fully saturated rings. The number of rotatable bonds is 5. The zero-order chi connectivity index (χ0) is 19.7. The van der Waals surface area contributed by atoms with Gasteiger partial charge in [-0.25, -0.2) is 19.3 Å². The number of nitrogens with one attached hydrogen (secondary N) is 1. The summed E-state index contributed by atoms with van der Waals surface area (Å²) >= 11 is 0. The van der Waals surface area contributed by atoms with Gasteiger partial charge in [0.2, 0.25) is 5.91 Å². The quantitative estimate of drug-likeness (QED) is 0.736. The Morgan fingerprint density at radius 3 is 2.93 bits per heavy atom. The fourth-order valence-corrected chi connectivity index (χ4v) is 3.43. The molecular weight excluding hydrogens is 359 g/mol. The Morgan fingerprint density at radius 2 is 2.18 bits per heavy atom. The summed E-state index contributed by atoms with van der Waals surface area (Å²) in [5.74, 6) is 0.684. The molecule has 0 saturated heterocycles. The highest BCUT2D eigenvalue weighted by molar-refractivity contribution is 5.94. The molecule has 8 heteroatoms. The van der Waals surface area contributed by atoms with Crippen molar-refractivity contribution < 1.29 is 9.18 Å². The Hall–Kier alpha value is -3.29. The molecule has 144 valence electrons. The second kappa shape index (κ2) is 7.38. The summed E-state index contributed by atoms with van der Waals surface area (Å²) in [6.07, 6.45) is 6.39. The SMILES string of the molecule is CN(CC(=O)Nc1cccc(F)c1)c1nc(-c2cn(C)cn2)nc2c1CCC2. The van der Waals surface area contributed by atoms with E-state index < -0.39 is 0 Å². The van der Waals surface area contributed by atoms with Crippen LogP contribution < -0.4 is 10.2 Å². The van der Waals surface area contributed by atoms with E-state index in [1.807, 2.05) is 29.8 Å². The fourth-order valence-electron chi connectivity index (χ4n) is 3.43. The molecule has 28 heavy (non-hydrogen) atoms. The summed E-state index contributed by atoms with van der Waals surface area (Å²) < 4.78 is 15.2. The molecule has 1 N–H and O–H groups in total. The number of aryl methyl sites for hydroxylation is 2. The highest BCUT2D eigenvalue weighted by Gasteiger charge is 2.23. The van der Waals surface area contributed by atoms with Crippen molar-refractivity contribution in [2.75, 3.05) is 23.8 Å². The Labute approximate surface area is 162 Å². The number of nitrogens with zero attached hydrogens (tertiary/aromatic N) is 5. The number of fused-ring (bicyclic) bond motifs is 1. The number of anilines is 2. The van der Waals surface area contributed by atoms with Crippen LogP contribution in [0.3, 0.4) is 0 Å². The number of carbonyl (C=O) groups is 1. The zero-order valence-electron chi connectivity index (χ0n) is 15.8. The van der Waals surface area contributed by atoms with Gasteiger partial charge in [0.15, 0.2) is 5.82 Å². The number of hydrogen-bond acceptors (Lipinski definition) is 5. The van der Waals surface area contributed by atoms with Crippen molar-refractivity contribution in [3.05, 3.63) is 53.9 Å². The van der Waals surface area contributed by atoms with Crippen LogP contribution in [0.25, 0.3) is 11.5 Å². The molecule has 0 saturated carbocycles. The van der Waals surface area contributed by atoms with Gasteiger partial charge < -0.3 is 14.8 Å². The van der Waals surface area contributed by atoms with Crippen molar-refractivity contribution in [2.45, 2.75) is 19.3 Å². The van der Waals surface area contributed by atoms with E-state index in [0.29, 0.717) is 17.2 Å². The average Bonchev–Trinajstić information content (AvgIpc) is 3.29. The van der Waals surface area contributed by atoms with Crippen molar-refractivity contribution in [1.82, 2.24) is 19.5 Å². The Balaban J connectivity index is 1.57. The van der Waals surface area contributed by atoms with Crippen LogP contribution in [-0.2, 0) is 24.7 Å². The van der Waals surface area contributed by atoms with Crippen molar-refractivity contribution in [3.63, 3.8) is 0 Å². The van der Waals surface area contributed by atoms with Gasteiger partial charge in [-0.15, -0.1) is 0 Å². The van der Waals surface area contributed by atoms with E-state index in [2.05, 4.69) is 15.3 Å². The van der Waals surface area contributed by atoms with E-state index in [0.717, 1.165) is 36.3 Å². The summed E-state index contributed by atoms with van der Waals surface area (Å²) in [4.78, 5) is 28.0. The molecule has 2 aromatic heterocycles. The van der Waals surface area contributed by atoms with E-state index in [9.17, 15) is 9.18 Å². The van der Waals surface area contributed by atoms with Gasteiger partial charge in [-0.3, -0.25) is 4.79 Å². The molecule has 0 bridgehead atoms. The van der Waals surface area contributed by atoms with Crippen LogP contribution in [0.5, 0.6) is 0 Å². The van der Waals surface area contributed by atoms with E-state index in [1.54, 1.807) is 18.5 Å². The van der Waals surface area contributed by atoms with Gasteiger partial charge >= 0.3 is 0 Å². The van der Waals surface area contributed by atoms with Crippen LogP contribution in [0.1, 0.15) is 17.7 Å². The lowest BCUT2D eigenvalue weighted by atomic mass is 10.2. The molecule has 0 aliphatic heterocycles. The lowest BCUT2D eigenvalue weighted by molar-refractivity contribution is -0.114. The van der Waals surface area contributed by atoms with Gasteiger partial charge in [-0.1, -0.05) is 6.07 Å². The molecule has 1 amide bonds. The second-order valence-corrected chi connectivity index (χ2v) is 6.99.